The Labute approximate surface area is 145 Å². The molecule has 4 rings (SSSR count). The van der Waals surface area contributed by atoms with Gasteiger partial charge in [-0.05, 0) is 48.4 Å². The summed E-state index contributed by atoms with van der Waals surface area (Å²) in [4.78, 5) is 14.8. The van der Waals surface area contributed by atoms with Gasteiger partial charge in [-0.2, -0.15) is 5.01 Å². The van der Waals surface area contributed by atoms with Crippen molar-refractivity contribution in [3.05, 3.63) is 59.1 Å². The van der Waals surface area contributed by atoms with Gasteiger partial charge >= 0.3 is 6.03 Å². The highest BCUT2D eigenvalue weighted by molar-refractivity contribution is 6.30. The smallest absolute Gasteiger partial charge is 0.340 e. The lowest BCUT2D eigenvalue weighted by Gasteiger charge is -2.28. The molecular weight excluding hydrogens is 326 g/mol. The Morgan fingerprint density at radius 1 is 1.04 bits per heavy atom. The van der Waals surface area contributed by atoms with Crippen LogP contribution in [-0.4, -0.2) is 36.2 Å². The van der Waals surface area contributed by atoms with E-state index in [-0.39, 0.29) is 12.2 Å². The van der Waals surface area contributed by atoms with Gasteiger partial charge in [0.2, 0.25) is 0 Å². The van der Waals surface area contributed by atoms with Crippen LogP contribution in [0.25, 0.3) is 0 Å². The molecule has 2 heterocycles. The number of ether oxygens (including phenoxy) is 1. The van der Waals surface area contributed by atoms with Crippen molar-refractivity contribution in [2.45, 2.75) is 12.6 Å². The van der Waals surface area contributed by atoms with Gasteiger partial charge in [-0.3, -0.25) is 9.91 Å². The van der Waals surface area contributed by atoms with E-state index in [1.54, 1.807) is 7.11 Å². The standard InChI is InChI=1S/C18H18ClN3O2/c1-24-16-9-3-13(4-10-16)17-20-11-2-12-21(20)18(23)22(17)15-7-5-14(19)6-8-15/h3-10,17H,2,11-12H2,1H3/t17-/m1/s1. The summed E-state index contributed by atoms with van der Waals surface area (Å²) in [5.74, 6) is 0.805. The SMILES string of the molecule is COc1ccc([C@H]2N(c3ccc(Cl)cc3)C(=O)N3CCCN23)cc1. The molecule has 2 amide bonds. The summed E-state index contributed by atoms with van der Waals surface area (Å²) in [7, 11) is 1.65. The Balaban J connectivity index is 1.76. The molecule has 0 radical (unpaired) electrons. The topological polar surface area (TPSA) is 36.0 Å². The van der Waals surface area contributed by atoms with Gasteiger partial charge in [0.25, 0.3) is 0 Å². The maximum absolute atomic E-state index is 12.9. The largest absolute Gasteiger partial charge is 0.497 e. The number of hydrogen-bond acceptors (Lipinski definition) is 3. The predicted molar refractivity (Wildman–Crippen MR) is 93.1 cm³/mol. The molecule has 24 heavy (non-hydrogen) atoms. The molecule has 2 aromatic carbocycles. The number of hydrazine groups is 1. The van der Waals surface area contributed by atoms with E-state index in [2.05, 4.69) is 5.01 Å². The minimum Gasteiger partial charge on any atom is -0.497 e. The summed E-state index contributed by atoms with van der Waals surface area (Å²) in [6, 6.07) is 15.3. The highest BCUT2D eigenvalue weighted by Gasteiger charge is 2.47. The van der Waals surface area contributed by atoms with Crippen LogP contribution in [0.15, 0.2) is 48.5 Å². The van der Waals surface area contributed by atoms with Gasteiger partial charge in [-0.15, -0.1) is 0 Å². The average Bonchev–Trinajstić information content (AvgIpc) is 3.18. The van der Waals surface area contributed by atoms with Crippen LogP contribution in [0.5, 0.6) is 5.75 Å². The third kappa shape index (κ3) is 2.41. The lowest BCUT2D eigenvalue weighted by molar-refractivity contribution is 0.0727. The molecule has 2 aliphatic heterocycles. The number of urea groups is 1. The minimum absolute atomic E-state index is 0.00985. The Bertz CT molecular complexity index is 748. The molecule has 0 saturated carbocycles. The summed E-state index contributed by atoms with van der Waals surface area (Å²) in [6.45, 7) is 1.63. The van der Waals surface area contributed by atoms with Gasteiger partial charge < -0.3 is 4.74 Å². The van der Waals surface area contributed by atoms with Gasteiger partial charge in [0.1, 0.15) is 11.9 Å². The molecule has 2 aliphatic rings. The van der Waals surface area contributed by atoms with Gasteiger partial charge in [-0.25, -0.2) is 4.79 Å². The van der Waals surface area contributed by atoms with Gasteiger partial charge in [0.15, 0.2) is 0 Å². The van der Waals surface area contributed by atoms with Crippen molar-refractivity contribution >= 4 is 23.3 Å². The molecule has 2 saturated heterocycles. The zero-order chi connectivity index (χ0) is 16.7. The second-order valence-corrected chi connectivity index (χ2v) is 6.35. The number of amides is 2. The zero-order valence-corrected chi connectivity index (χ0v) is 14.1. The Morgan fingerprint density at radius 3 is 2.42 bits per heavy atom. The van der Waals surface area contributed by atoms with Crippen LogP contribution >= 0.6 is 11.6 Å². The number of hydrogen-bond donors (Lipinski definition) is 0. The number of benzene rings is 2. The number of fused-ring (bicyclic) bond motifs is 1. The van der Waals surface area contributed by atoms with Crippen molar-refractivity contribution in [3.8, 4) is 5.75 Å². The molecule has 0 N–H and O–H groups in total. The molecule has 2 aromatic rings. The van der Waals surface area contributed by atoms with E-state index in [1.165, 1.54) is 0 Å². The first-order chi connectivity index (χ1) is 11.7. The molecule has 0 aromatic heterocycles. The predicted octanol–water partition coefficient (Wildman–Crippen LogP) is 3.91. The number of carbonyl (C=O) groups is 1. The third-order valence-electron chi connectivity index (χ3n) is 4.54. The number of halogens is 1. The molecule has 0 spiro atoms. The molecule has 5 nitrogen and oxygen atoms in total. The van der Waals surface area contributed by atoms with Crippen LogP contribution in [0.3, 0.4) is 0 Å². The van der Waals surface area contributed by atoms with Crippen LogP contribution in [0, 0.1) is 0 Å². The fourth-order valence-corrected chi connectivity index (χ4v) is 3.53. The first-order valence-corrected chi connectivity index (χ1v) is 8.33. The van der Waals surface area contributed by atoms with E-state index < -0.39 is 0 Å². The second-order valence-electron chi connectivity index (χ2n) is 5.92. The summed E-state index contributed by atoms with van der Waals surface area (Å²) in [5.41, 5.74) is 1.91. The molecule has 6 heteroatoms. The fraction of sp³-hybridized carbons (Fsp3) is 0.278. The van der Waals surface area contributed by atoms with Crippen molar-refractivity contribution < 1.29 is 9.53 Å². The number of methoxy groups -OCH3 is 1. The number of nitrogens with zero attached hydrogens (tertiary/aromatic N) is 3. The molecule has 1 atom stereocenters. The maximum atomic E-state index is 12.9. The van der Waals surface area contributed by atoms with Crippen molar-refractivity contribution in [2.24, 2.45) is 0 Å². The number of carbonyl (C=O) groups excluding carboxylic acids is 1. The fourth-order valence-electron chi connectivity index (χ4n) is 3.40. The monoisotopic (exact) mass is 343 g/mol. The van der Waals surface area contributed by atoms with E-state index in [9.17, 15) is 4.79 Å². The van der Waals surface area contributed by atoms with E-state index in [4.69, 9.17) is 16.3 Å². The highest BCUT2D eigenvalue weighted by atomic mass is 35.5. The van der Waals surface area contributed by atoms with Gasteiger partial charge in [0, 0.05) is 23.8 Å². The molecule has 0 unspecified atom stereocenters. The molecule has 2 fully saturated rings. The quantitative estimate of drug-likeness (QED) is 0.847. The van der Waals surface area contributed by atoms with Crippen LogP contribution in [0.1, 0.15) is 18.2 Å². The molecule has 124 valence electrons. The van der Waals surface area contributed by atoms with E-state index in [1.807, 2.05) is 58.4 Å². The molecular formula is C18H18ClN3O2. The average molecular weight is 344 g/mol. The van der Waals surface area contributed by atoms with Crippen molar-refractivity contribution in [1.82, 2.24) is 10.0 Å². The van der Waals surface area contributed by atoms with Crippen molar-refractivity contribution in [1.29, 1.82) is 0 Å². The zero-order valence-electron chi connectivity index (χ0n) is 13.4. The van der Waals surface area contributed by atoms with Crippen LogP contribution in [0.4, 0.5) is 10.5 Å². The second kappa shape index (κ2) is 6.00. The minimum atomic E-state index is -0.146. The first kappa shape index (κ1) is 15.3. The summed E-state index contributed by atoms with van der Waals surface area (Å²) in [6.07, 6.45) is 0.847. The van der Waals surface area contributed by atoms with Gasteiger partial charge in [-0.1, -0.05) is 23.7 Å². The molecule has 0 bridgehead atoms. The molecule has 0 aliphatic carbocycles. The van der Waals surface area contributed by atoms with E-state index >= 15 is 0 Å². The first-order valence-electron chi connectivity index (χ1n) is 7.96. The van der Waals surface area contributed by atoms with Crippen molar-refractivity contribution in [2.75, 3.05) is 25.1 Å². The normalized spacial score (nSPS) is 20.6. The summed E-state index contributed by atoms with van der Waals surface area (Å²) in [5, 5.41) is 4.63. The van der Waals surface area contributed by atoms with Crippen LogP contribution in [0.2, 0.25) is 5.02 Å². The van der Waals surface area contributed by atoms with Gasteiger partial charge in [0.05, 0.1) is 7.11 Å². The van der Waals surface area contributed by atoms with Crippen LogP contribution in [-0.2, 0) is 0 Å². The summed E-state index contributed by atoms with van der Waals surface area (Å²) < 4.78 is 5.25. The Kier molecular flexibility index (Phi) is 3.82. The number of anilines is 1. The van der Waals surface area contributed by atoms with E-state index in [0.717, 1.165) is 36.5 Å². The van der Waals surface area contributed by atoms with E-state index in [0.29, 0.717) is 5.02 Å². The Hall–Kier alpha value is -2.24. The number of rotatable bonds is 3. The highest BCUT2D eigenvalue weighted by Crippen LogP contribution is 2.40. The lowest BCUT2D eigenvalue weighted by atomic mass is 10.1. The van der Waals surface area contributed by atoms with Crippen molar-refractivity contribution in [3.63, 3.8) is 0 Å². The lowest BCUT2D eigenvalue weighted by Crippen LogP contribution is -2.32. The van der Waals surface area contributed by atoms with Crippen LogP contribution < -0.4 is 9.64 Å². The maximum Gasteiger partial charge on any atom is 0.340 e. The third-order valence-corrected chi connectivity index (χ3v) is 4.79. The Morgan fingerprint density at radius 2 is 1.75 bits per heavy atom. The summed E-state index contributed by atoms with van der Waals surface area (Å²) >= 11 is 6.00.